The van der Waals surface area contributed by atoms with Crippen molar-refractivity contribution in [2.75, 3.05) is 0 Å². The normalized spacial score (nSPS) is 11.9. The molecule has 0 aliphatic carbocycles. The second-order valence-corrected chi connectivity index (χ2v) is 10.5. The molecule has 0 saturated heterocycles. The summed E-state index contributed by atoms with van der Waals surface area (Å²) in [6.45, 7) is 4.62. The number of hydrogen-bond acceptors (Lipinski definition) is 0. The van der Waals surface area contributed by atoms with E-state index in [1.807, 2.05) is 0 Å². The van der Waals surface area contributed by atoms with E-state index in [4.69, 9.17) is 0 Å². The van der Waals surface area contributed by atoms with E-state index in [1.54, 1.807) is 0 Å². The van der Waals surface area contributed by atoms with Gasteiger partial charge in [-0.1, -0.05) is 121 Å². The summed E-state index contributed by atoms with van der Waals surface area (Å²) in [6, 6.07) is 44.8. The number of aryl methyl sites for hydroxylation is 2. The number of benzene rings is 8. The highest BCUT2D eigenvalue weighted by molar-refractivity contribution is 6.28. The quantitative estimate of drug-likeness (QED) is 0.204. The Balaban J connectivity index is 1.57. The van der Waals surface area contributed by atoms with Crippen LogP contribution in [-0.4, -0.2) is 0 Å². The average molecular weight is 483 g/mol. The third kappa shape index (κ3) is 2.80. The first-order valence-corrected chi connectivity index (χ1v) is 13.4. The smallest absolute Gasteiger partial charge is 0.00237 e. The molecule has 0 amide bonds. The molecule has 0 fully saturated rings. The Morgan fingerprint density at radius 2 is 0.789 bits per heavy atom. The van der Waals surface area contributed by atoms with Gasteiger partial charge in [0.25, 0.3) is 0 Å². The molecule has 0 unspecified atom stereocenters. The molecule has 38 heavy (non-hydrogen) atoms. The fourth-order valence-corrected chi connectivity index (χ4v) is 6.92. The second-order valence-electron chi connectivity index (χ2n) is 10.5. The monoisotopic (exact) mass is 482 g/mol. The van der Waals surface area contributed by atoms with Crippen molar-refractivity contribution >= 4 is 64.6 Å². The van der Waals surface area contributed by atoms with Gasteiger partial charge < -0.3 is 0 Å². The van der Waals surface area contributed by atoms with Gasteiger partial charge in [-0.25, -0.2) is 0 Å². The van der Waals surface area contributed by atoms with E-state index in [1.165, 1.54) is 86.9 Å². The van der Waals surface area contributed by atoms with Crippen LogP contribution < -0.4 is 0 Å². The summed E-state index contributed by atoms with van der Waals surface area (Å²) in [6.07, 6.45) is 0. The van der Waals surface area contributed by atoms with Crippen molar-refractivity contribution < 1.29 is 0 Å². The maximum absolute atomic E-state index is 2.36. The molecule has 178 valence electrons. The first-order chi connectivity index (χ1) is 18.7. The molecule has 0 bridgehead atoms. The van der Waals surface area contributed by atoms with Crippen LogP contribution in [0.25, 0.3) is 75.8 Å². The van der Waals surface area contributed by atoms with Crippen LogP contribution in [0, 0.1) is 13.8 Å². The van der Waals surface area contributed by atoms with Gasteiger partial charge >= 0.3 is 0 Å². The van der Waals surface area contributed by atoms with Crippen LogP contribution in [0.3, 0.4) is 0 Å². The molecule has 0 spiro atoms. The zero-order valence-electron chi connectivity index (χ0n) is 21.5. The Morgan fingerprint density at radius 3 is 1.47 bits per heavy atom. The van der Waals surface area contributed by atoms with E-state index >= 15 is 0 Å². The highest BCUT2D eigenvalue weighted by atomic mass is 14.2. The van der Waals surface area contributed by atoms with E-state index in [0.29, 0.717) is 0 Å². The summed E-state index contributed by atoms with van der Waals surface area (Å²) in [7, 11) is 0. The lowest BCUT2D eigenvalue weighted by Crippen LogP contribution is -1.95. The Labute approximate surface area is 221 Å². The molecular formula is C38H26. The predicted molar refractivity (Wildman–Crippen MR) is 166 cm³/mol. The number of hydrogen-bond donors (Lipinski definition) is 0. The number of fused-ring (bicyclic) bond motifs is 11. The van der Waals surface area contributed by atoms with Gasteiger partial charge in [-0.3, -0.25) is 0 Å². The van der Waals surface area contributed by atoms with Crippen molar-refractivity contribution in [2.45, 2.75) is 13.8 Å². The molecule has 0 radical (unpaired) electrons. The minimum atomic E-state index is 1.29. The van der Waals surface area contributed by atoms with Crippen molar-refractivity contribution in [3.8, 4) is 11.1 Å². The molecule has 0 atom stereocenters. The predicted octanol–water partition coefficient (Wildman–Crippen LogP) is 10.9. The molecule has 8 aromatic carbocycles. The SMILES string of the molecule is Cc1c(-c2ccc3c4ccccc4c4ccccc4c3c2C)c2ccccc2c2c1ccc1ccccc12. The molecule has 0 saturated carbocycles. The molecule has 0 aliphatic heterocycles. The van der Waals surface area contributed by atoms with Gasteiger partial charge in [-0.15, -0.1) is 0 Å². The van der Waals surface area contributed by atoms with Crippen LogP contribution in [0.5, 0.6) is 0 Å². The van der Waals surface area contributed by atoms with Gasteiger partial charge in [0.1, 0.15) is 0 Å². The Bertz CT molecular complexity index is 2210. The molecule has 8 aromatic rings. The maximum atomic E-state index is 2.36. The molecule has 0 heteroatoms. The Morgan fingerprint density at radius 1 is 0.316 bits per heavy atom. The third-order valence-corrected chi connectivity index (χ3v) is 8.61. The van der Waals surface area contributed by atoms with Crippen LogP contribution in [0.4, 0.5) is 0 Å². The van der Waals surface area contributed by atoms with Crippen LogP contribution in [0.1, 0.15) is 11.1 Å². The summed E-state index contributed by atoms with van der Waals surface area (Å²) in [5.74, 6) is 0. The third-order valence-electron chi connectivity index (χ3n) is 8.61. The van der Waals surface area contributed by atoms with Gasteiger partial charge in [0.05, 0.1) is 0 Å². The molecule has 0 heterocycles. The minimum absolute atomic E-state index is 1.29. The van der Waals surface area contributed by atoms with E-state index in [9.17, 15) is 0 Å². The summed E-state index contributed by atoms with van der Waals surface area (Å²) in [5.41, 5.74) is 5.36. The van der Waals surface area contributed by atoms with Gasteiger partial charge in [0.15, 0.2) is 0 Å². The minimum Gasteiger partial charge on any atom is -0.0616 e. The number of rotatable bonds is 1. The molecular weight excluding hydrogens is 456 g/mol. The van der Waals surface area contributed by atoms with Crippen LogP contribution in [0.2, 0.25) is 0 Å². The average Bonchev–Trinajstić information content (AvgIpc) is 2.98. The molecule has 0 aliphatic rings. The van der Waals surface area contributed by atoms with Gasteiger partial charge in [0, 0.05) is 0 Å². The lowest BCUT2D eigenvalue weighted by Gasteiger charge is -2.20. The lowest BCUT2D eigenvalue weighted by atomic mass is 9.83. The fourth-order valence-electron chi connectivity index (χ4n) is 6.92. The highest BCUT2D eigenvalue weighted by Gasteiger charge is 2.19. The van der Waals surface area contributed by atoms with Gasteiger partial charge in [-0.05, 0) is 101 Å². The van der Waals surface area contributed by atoms with Crippen molar-refractivity contribution in [3.05, 3.63) is 132 Å². The highest BCUT2D eigenvalue weighted by Crippen LogP contribution is 2.45. The largest absolute Gasteiger partial charge is 0.0616 e. The summed E-state index contributed by atoms with van der Waals surface area (Å²) in [5, 5.41) is 15.9. The van der Waals surface area contributed by atoms with Gasteiger partial charge in [-0.2, -0.15) is 0 Å². The Kier molecular flexibility index (Phi) is 4.46. The molecule has 0 nitrogen and oxygen atoms in total. The van der Waals surface area contributed by atoms with E-state index < -0.39 is 0 Å². The zero-order chi connectivity index (χ0) is 25.4. The topological polar surface area (TPSA) is 0 Å². The Hall–Kier alpha value is -4.68. The lowest BCUT2D eigenvalue weighted by molar-refractivity contribution is 1.49. The van der Waals surface area contributed by atoms with Crippen molar-refractivity contribution in [1.29, 1.82) is 0 Å². The molecule has 0 N–H and O–H groups in total. The first kappa shape index (κ1) is 21.4. The summed E-state index contributed by atoms with van der Waals surface area (Å²) in [4.78, 5) is 0. The van der Waals surface area contributed by atoms with E-state index in [-0.39, 0.29) is 0 Å². The van der Waals surface area contributed by atoms with Crippen molar-refractivity contribution in [1.82, 2.24) is 0 Å². The first-order valence-electron chi connectivity index (χ1n) is 13.4. The molecule has 8 rings (SSSR count). The second kappa shape index (κ2) is 7.91. The fraction of sp³-hybridized carbons (Fsp3) is 0.0526. The van der Waals surface area contributed by atoms with Crippen LogP contribution in [-0.2, 0) is 0 Å². The van der Waals surface area contributed by atoms with Crippen LogP contribution in [0.15, 0.2) is 121 Å². The maximum Gasteiger partial charge on any atom is -0.00237 e. The zero-order valence-corrected chi connectivity index (χ0v) is 21.5. The van der Waals surface area contributed by atoms with E-state index in [2.05, 4.69) is 135 Å². The summed E-state index contributed by atoms with van der Waals surface area (Å²) < 4.78 is 0. The van der Waals surface area contributed by atoms with Crippen LogP contribution >= 0.6 is 0 Å². The standard InChI is InChI=1S/C38H26/c1-23-26(21-22-35-31-15-6-5-13-29(31)30-14-7-8-16-32(30)37(23)35)36-24(2)27-20-19-25-11-3-4-12-28(25)38(27)34-18-10-9-17-33(34)36/h3-22H,1-2H3. The molecule has 0 aromatic heterocycles. The van der Waals surface area contributed by atoms with Crippen molar-refractivity contribution in [3.63, 3.8) is 0 Å². The van der Waals surface area contributed by atoms with Crippen molar-refractivity contribution in [2.24, 2.45) is 0 Å². The van der Waals surface area contributed by atoms with E-state index in [0.717, 1.165) is 0 Å². The summed E-state index contributed by atoms with van der Waals surface area (Å²) >= 11 is 0. The van der Waals surface area contributed by atoms with Gasteiger partial charge in [0.2, 0.25) is 0 Å².